The van der Waals surface area contributed by atoms with Crippen molar-refractivity contribution in [1.29, 1.82) is 0 Å². The van der Waals surface area contributed by atoms with Crippen LogP contribution in [0, 0.1) is 0 Å². The third kappa shape index (κ3) is 3.04. The second-order valence-electron chi connectivity index (χ2n) is 7.02. The molecule has 0 unspecified atom stereocenters. The van der Waals surface area contributed by atoms with Crippen molar-refractivity contribution in [2.45, 2.75) is 50.4 Å². The van der Waals surface area contributed by atoms with E-state index in [4.69, 9.17) is 4.52 Å². The number of piperidine rings is 1. The molecule has 2 aliphatic rings. The number of likely N-dealkylation sites (tertiary alicyclic amines) is 1. The van der Waals surface area contributed by atoms with Crippen molar-refractivity contribution in [2.24, 2.45) is 0 Å². The molecule has 1 atom stereocenters. The molecule has 5 nitrogen and oxygen atoms in total. The Morgan fingerprint density at radius 3 is 3.13 bits per heavy atom. The molecule has 23 heavy (non-hydrogen) atoms. The Hall–Kier alpha value is -1.69. The summed E-state index contributed by atoms with van der Waals surface area (Å²) in [6.45, 7) is 3.63. The molecular weight excluding hydrogens is 310 g/mol. The summed E-state index contributed by atoms with van der Waals surface area (Å²) < 4.78 is 5.54. The highest BCUT2D eigenvalue weighted by Crippen LogP contribution is 2.40. The molecular formula is C17H21N3O2S. The van der Waals surface area contributed by atoms with Gasteiger partial charge >= 0.3 is 0 Å². The van der Waals surface area contributed by atoms with Gasteiger partial charge in [0, 0.05) is 19.0 Å². The number of hydrogen-bond donors (Lipinski definition) is 0. The number of amides is 1. The van der Waals surface area contributed by atoms with Crippen LogP contribution in [0.25, 0.3) is 0 Å². The van der Waals surface area contributed by atoms with Crippen molar-refractivity contribution in [3.05, 3.63) is 34.1 Å². The standard InChI is InChI=1S/C17H21N3O2S/c1-17(16-18-15(19-22-16)13-3-4-13)6-2-7-20(11-17)14(21)9-12-5-8-23-10-12/h5,8,10,13H,2-4,6-7,9,11H2,1H3/t17-/m0/s1. The van der Waals surface area contributed by atoms with Gasteiger partial charge in [-0.2, -0.15) is 16.3 Å². The van der Waals surface area contributed by atoms with Crippen molar-refractivity contribution in [3.63, 3.8) is 0 Å². The normalized spacial score (nSPS) is 24.8. The van der Waals surface area contributed by atoms with Crippen LogP contribution in [0.4, 0.5) is 0 Å². The van der Waals surface area contributed by atoms with Crippen LogP contribution in [0.1, 0.15) is 55.8 Å². The largest absolute Gasteiger partial charge is 0.341 e. The number of aromatic nitrogens is 2. The zero-order valence-electron chi connectivity index (χ0n) is 13.3. The van der Waals surface area contributed by atoms with E-state index in [2.05, 4.69) is 17.1 Å². The van der Waals surface area contributed by atoms with Crippen molar-refractivity contribution < 1.29 is 9.32 Å². The van der Waals surface area contributed by atoms with Crippen molar-refractivity contribution in [3.8, 4) is 0 Å². The Kier molecular flexibility index (Phi) is 3.71. The molecule has 1 saturated heterocycles. The Labute approximate surface area is 139 Å². The van der Waals surface area contributed by atoms with E-state index in [1.54, 1.807) is 11.3 Å². The maximum absolute atomic E-state index is 12.6. The minimum Gasteiger partial charge on any atom is -0.341 e. The Bertz CT molecular complexity index is 693. The number of thiophene rings is 1. The molecule has 2 aromatic heterocycles. The molecule has 2 fully saturated rings. The summed E-state index contributed by atoms with van der Waals surface area (Å²) in [5.41, 5.74) is 0.879. The third-order valence-electron chi connectivity index (χ3n) is 4.89. The summed E-state index contributed by atoms with van der Waals surface area (Å²) in [6.07, 6.45) is 4.78. The highest BCUT2D eigenvalue weighted by Gasteiger charge is 2.40. The molecule has 4 rings (SSSR count). The van der Waals surface area contributed by atoms with Crippen molar-refractivity contribution in [1.82, 2.24) is 15.0 Å². The average Bonchev–Trinajstić information content (AvgIpc) is 3.05. The summed E-state index contributed by atoms with van der Waals surface area (Å²) in [6, 6.07) is 2.02. The predicted octanol–water partition coefficient (Wildman–Crippen LogP) is 3.13. The van der Waals surface area contributed by atoms with Crippen LogP contribution in [0.15, 0.2) is 21.3 Å². The minimum atomic E-state index is -0.220. The number of nitrogens with zero attached hydrogens (tertiary/aromatic N) is 3. The first-order valence-corrected chi connectivity index (χ1v) is 9.21. The van der Waals surface area contributed by atoms with Gasteiger partial charge in [-0.3, -0.25) is 4.79 Å². The highest BCUT2D eigenvalue weighted by molar-refractivity contribution is 7.07. The van der Waals surface area contributed by atoms with Gasteiger partial charge in [0.25, 0.3) is 0 Å². The van der Waals surface area contributed by atoms with E-state index in [1.165, 1.54) is 12.8 Å². The molecule has 122 valence electrons. The Balaban J connectivity index is 1.47. The smallest absolute Gasteiger partial charge is 0.234 e. The maximum atomic E-state index is 12.6. The highest BCUT2D eigenvalue weighted by atomic mass is 32.1. The molecule has 2 aromatic rings. The second kappa shape index (κ2) is 5.74. The summed E-state index contributed by atoms with van der Waals surface area (Å²) in [5, 5.41) is 8.20. The third-order valence-corrected chi connectivity index (χ3v) is 5.62. The molecule has 3 heterocycles. The van der Waals surface area contributed by atoms with Crippen LogP contribution in [0.5, 0.6) is 0 Å². The number of carbonyl (C=O) groups is 1. The van der Waals surface area contributed by atoms with Crippen LogP contribution in [-0.2, 0) is 16.6 Å². The molecule has 1 saturated carbocycles. The quantitative estimate of drug-likeness (QED) is 0.863. The van der Waals surface area contributed by atoms with Gasteiger partial charge < -0.3 is 9.42 Å². The summed E-state index contributed by atoms with van der Waals surface area (Å²) in [5.74, 6) is 2.24. The van der Waals surface area contributed by atoms with E-state index in [0.717, 1.165) is 30.8 Å². The number of hydrogen-bond acceptors (Lipinski definition) is 5. The lowest BCUT2D eigenvalue weighted by atomic mass is 9.81. The van der Waals surface area contributed by atoms with Gasteiger partial charge in [-0.25, -0.2) is 0 Å². The maximum Gasteiger partial charge on any atom is 0.234 e. The molecule has 0 radical (unpaired) electrons. The van der Waals surface area contributed by atoms with Crippen molar-refractivity contribution in [2.75, 3.05) is 13.1 Å². The molecule has 1 aliphatic heterocycles. The number of rotatable bonds is 4. The molecule has 0 N–H and O–H groups in total. The molecule has 1 amide bonds. The number of carbonyl (C=O) groups excluding carboxylic acids is 1. The van der Waals surface area contributed by atoms with Crippen LogP contribution in [-0.4, -0.2) is 34.0 Å². The average molecular weight is 331 g/mol. The van der Waals surface area contributed by atoms with E-state index in [1.807, 2.05) is 21.7 Å². The predicted molar refractivity (Wildman–Crippen MR) is 87.5 cm³/mol. The minimum absolute atomic E-state index is 0.191. The van der Waals surface area contributed by atoms with E-state index in [9.17, 15) is 4.79 Å². The topological polar surface area (TPSA) is 59.2 Å². The lowest BCUT2D eigenvalue weighted by Gasteiger charge is -2.38. The summed E-state index contributed by atoms with van der Waals surface area (Å²) in [4.78, 5) is 19.2. The molecule has 0 bridgehead atoms. The first kappa shape index (κ1) is 14.9. The van der Waals surface area contributed by atoms with Gasteiger partial charge in [-0.05, 0) is 55.0 Å². The molecule has 0 spiro atoms. The Morgan fingerprint density at radius 2 is 2.39 bits per heavy atom. The fourth-order valence-electron chi connectivity index (χ4n) is 3.29. The fourth-order valence-corrected chi connectivity index (χ4v) is 3.96. The van der Waals surface area contributed by atoms with Gasteiger partial charge in [0.15, 0.2) is 5.82 Å². The first-order chi connectivity index (χ1) is 11.1. The summed E-state index contributed by atoms with van der Waals surface area (Å²) >= 11 is 1.63. The lowest BCUT2D eigenvalue weighted by molar-refractivity contribution is -0.132. The van der Waals surface area contributed by atoms with Gasteiger partial charge in [0.2, 0.25) is 11.8 Å². The van der Waals surface area contributed by atoms with Crippen LogP contribution >= 0.6 is 11.3 Å². The monoisotopic (exact) mass is 331 g/mol. The van der Waals surface area contributed by atoms with Crippen LogP contribution < -0.4 is 0 Å². The first-order valence-electron chi connectivity index (χ1n) is 8.27. The zero-order chi connectivity index (χ0) is 15.9. The SMILES string of the molecule is C[C@]1(c2nc(C3CC3)no2)CCCN(C(=O)Cc2ccsc2)C1. The van der Waals surface area contributed by atoms with Gasteiger partial charge in [-0.1, -0.05) is 5.16 Å². The van der Waals surface area contributed by atoms with E-state index in [-0.39, 0.29) is 11.3 Å². The van der Waals surface area contributed by atoms with Gasteiger partial charge in [0.05, 0.1) is 11.8 Å². The molecule has 6 heteroatoms. The zero-order valence-corrected chi connectivity index (χ0v) is 14.1. The molecule has 1 aliphatic carbocycles. The lowest BCUT2D eigenvalue weighted by Crippen LogP contribution is -2.47. The van der Waals surface area contributed by atoms with Gasteiger partial charge in [-0.15, -0.1) is 0 Å². The summed E-state index contributed by atoms with van der Waals surface area (Å²) in [7, 11) is 0. The van der Waals surface area contributed by atoms with E-state index < -0.39 is 0 Å². The Morgan fingerprint density at radius 1 is 1.52 bits per heavy atom. The second-order valence-corrected chi connectivity index (χ2v) is 7.80. The van der Waals surface area contributed by atoms with Crippen molar-refractivity contribution >= 4 is 17.2 Å². The van der Waals surface area contributed by atoms with Crippen LogP contribution in [0.2, 0.25) is 0 Å². The molecule has 0 aromatic carbocycles. The van der Waals surface area contributed by atoms with Gasteiger partial charge in [0.1, 0.15) is 0 Å². The fraction of sp³-hybridized carbons (Fsp3) is 0.588. The van der Waals surface area contributed by atoms with E-state index in [0.29, 0.717) is 24.8 Å². The van der Waals surface area contributed by atoms with E-state index >= 15 is 0 Å². The van der Waals surface area contributed by atoms with Crippen LogP contribution in [0.3, 0.4) is 0 Å².